The number of aryl methyl sites for hydroxylation is 1. The third-order valence-corrected chi connectivity index (χ3v) is 7.70. The van der Waals surface area contributed by atoms with E-state index in [1.54, 1.807) is 6.92 Å². The van der Waals surface area contributed by atoms with Crippen LogP contribution in [0.3, 0.4) is 0 Å². The smallest absolute Gasteiger partial charge is 0.348 e. The number of hydrogen-bond donors (Lipinski definition) is 1. The van der Waals surface area contributed by atoms with Crippen molar-refractivity contribution in [3.8, 4) is 34.1 Å². The SMILES string of the molecule is Cc1oc(-c2cccc(-c3ccccc3)c2)nc1CCOc1ccc(CC(C)(Oc2ccc(C(C)(C)C)cc2)C(=O)O)cc1. The van der Waals surface area contributed by atoms with Crippen molar-refractivity contribution >= 4 is 5.97 Å². The molecule has 0 aliphatic heterocycles. The molecule has 1 unspecified atom stereocenters. The van der Waals surface area contributed by atoms with E-state index in [-0.39, 0.29) is 11.8 Å². The Morgan fingerprint density at radius 2 is 1.43 bits per heavy atom. The number of carboxylic acids is 1. The molecule has 0 spiro atoms. The monoisotopic (exact) mass is 589 g/mol. The van der Waals surface area contributed by atoms with Crippen molar-refractivity contribution in [1.29, 1.82) is 0 Å². The number of benzene rings is 4. The molecule has 6 heteroatoms. The van der Waals surface area contributed by atoms with Crippen LogP contribution in [-0.2, 0) is 23.1 Å². The van der Waals surface area contributed by atoms with Gasteiger partial charge in [0.15, 0.2) is 0 Å². The summed E-state index contributed by atoms with van der Waals surface area (Å²) >= 11 is 0. The largest absolute Gasteiger partial charge is 0.493 e. The lowest BCUT2D eigenvalue weighted by Gasteiger charge is -2.27. The summed E-state index contributed by atoms with van der Waals surface area (Å²) in [6, 6.07) is 33.5. The molecule has 5 aromatic rings. The first-order valence-corrected chi connectivity index (χ1v) is 14.9. The van der Waals surface area contributed by atoms with E-state index < -0.39 is 11.6 Å². The van der Waals surface area contributed by atoms with Crippen LogP contribution in [0.5, 0.6) is 11.5 Å². The fourth-order valence-electron chi connectivity index (χ4n) is 5.04. The Kier molecular flexibility index (Phi) is 8.91. The quantitative estimate of drug-likeness (QED) is 0.166. The zero-order valence-corrected chi connectivity index (χ0v) is 26.0. The Morgan fingerprint density at radius 1 is 0.795 bits per heavy atom. The fourth-order valence-corrected chi connectivity index (χ4v) is 5.04. The molecule has 226 valence electrons. The summed E-state index contributed by atoms with van der Waals surface area (Å²) in [5, 5.41) is 10.0. The van der Waals surface area contributed by atoms with Crippen molar-refractivity contribution in [2.75, 3.05) is 6.61 Å². The molecule has 5 rings (SSSR count). The summed E-state index contributed by atoms with van der Waals surface area (Å²) < 4.78 is 18.0. The number of nitrogens with zero attached hydrogens (tertiary/aromatic N) is 1. The van der Waals surface area contributed by atoms with Crippen LogP contribution < -0.4 is 9.47 Å². The minimum atomic E-state index is -1.42. The highest BCUT2D eigenvalue weighted by atomic mass is 16.5. The van der Waals surface area contributed by atoms with Gasteiger partial charge in [0.1, 0.15) is 17.3 Å². The van der Waals surface area contributed by atoms with Gasteiger partial charge in [-0.3, -0.25) is 0 Å². The van der Waals surface area contributed by atoms with Crippen LogP contribution in [0.15, 0.2) is 108 Å². The van der Waals surface area contributed by atoms with Gasteiger partial charge in [0.2, 0.25) is 11.5 Å². The zero-order chi connectivity index (χ0) is 31.3. The summed E-state index contributed by atoms with van der Waals surface area (Å²) in [5.41, 5.74) is 4.61. The number of carbonyl (C=O) groups is 1. The zero-order valence-electron chi connectivity index (χ0n) is 26.0. The van der Waals surface area contributed by atoms with Crippen molar-refractivity contribution in [2.24, 2.45) is 0 Å². The van der Waals surface area contributed by atoms with Crippen LogP contribution in [0, 0.1) is 6.92 Å². The Hall–Kier alpha value is -4.84. The van der Waals surface area contributed by atoms with E-state index in [1.807, 2.05) is 85.8 Å². The lowest BCUT2D eigenvalue weighted by molar-refractivity contribution is -0.153. The van der Waals surface area contributed by atoms with E-state index in [0.717, 1.165) is 39.3 Å². The number of hydrogen-bond acceptors (Lipinski definition) is 5. The van der Waals surface area contributed by atoms with Gasteiger partial charge in [0.05, 0.1) is 12.3 Å². The lowest BCUT2D eigenvalue weighted by Crippen LogP contribution is -2.43. The number of aromatic nitrogens is 1. The van der Waals surface area contributed by atoms with E-state index in [4.69, 9.17) is 18.9 Å². The Balaban J connectivity index is 1.18. The first-order valence-electron chi connectivity index (χ1n) is 14.9. The molecular formula is C38H39NO5. The minimum absolute atomic E-state index is 0.00458. The number of ether oxygens (including phenoxy) is 2. The molecule has 6 nitrogen and oxygen atoms in total. The van der Waals surface area contributed by atoms with Crippen LogP contribution >= 0.6 is 0 Å². The number of oxazole rings is 1. The van der Waals surface area contributed by atoms with Gasteiger partial charge in [-0.25, -0.2) is 9.78 Å². The predicted molar refractivity (Wildman–Crippen MR) is 173 cm³/mol. The van der Waals surface area contributed by atoms with Gasteiger partial charge in [-0.1, -0.05) is 87.5 Å². The van der Waals surface area contributed by atoms with Crippen LogP contribution in [0.1, 0.15) is 50.3 Å². The summed E-state index contributed by atoms with van der Waals surface area (Å²) in [5.74, 6) is 1.56. The highest BCUT2D eigenvalue weighted by Crippen LogP contribution is 2.29. The maximum Gasteiger partial charge on any atom is 0.348 e. The van der Waals surface area contributed by atoms with Gasteiger partial charge in [-0.05, 0) is 77.9 Å². The van der Waals surface area contributed by atoms with Crippen molar-refractivity contribution in [3.05, 3.63) is 126 Å². The molecule has 4 aromatic carbocycles. The second-order valence-electron chi connectivity index (χ2n) is 12.3. The van der Waals surface area contributed by atoms with Crippen molar-refractivity contribution < 1.29 is 23.8 Å². The van der Waals surface area contributed by atoms with Crippen molar-refractivity contribution in [1.82, 2.24) is 4.98 Å². The van der Waals surface area contributed by atoms with E-state index in [9.17, 15) is 9.90 Å². The first-order chi connectivity index (χ1) is 21.0. The second-order valence-corrected chi connectivity index (χ2v) is 12.3. The first kappa shape index (κ1) is 30.6. The third-order valence-electron chi connectivity index (χ3n) is 7.70. The van der Waals surface area contributed by atoms with E-state index in [2.05, 4.69) is 45.0 Å². The van der Waals surface area contributed by atoms with Gasteiger partial charge in [0, 0.05) is 18.4 Å². The Labute approximate surface area is 259 Å². The molecule has 0 amide bonds. The van der Waals surface area contributed by atoms with Crippen LogP contribution in [0.4, 0.5) is 0 Å². The highest BCUT2D eigenvalue weighted by Gasteiger charge is 2.36. The highest BCUT2D eigenvalue weighted by molar-refractivity contribution is 5.78. The Morgan fingerprint density at radius 3 is 2.09 bits per heavy atom. The summed E-state index contributed by atoms with van der Waals surface area (Å²) in [4.78, 5) is 17.0. The Bertz CT molecular complexity index is 1700. The molecular weight excluding hydrogens is 550 g/mol. The van der Waals surface area contributed by atoms with Crippen molar-refractivity contribution in [2.45, 2.75) is 58.5 Å². The molecule has 1 aromatic heterocycles. The van der Waals surface area contributed by atoms with Crippen LogP contribution in [0.2, 0.25) is 0 Å². The molecule has 0 saturated carbocycles. The number of rotatable bonds is 11. The number of carboxylic acid groups (broad SMARTS) is 1. The van der Waals surface area contributed by atoms with Gasteiger partial charge in [0.25, 0.3) is 0 Å². The maximum atomic E-state index is 12.2. The average Bonchev–Trinajstić information content (AvgIpc) is 3.38. The normalized spacial score (nSPS) is 12.8. The molecule has 0 radical (unpaired) electrons. The number of aliphatic carboxylic acids is 1. The topological polar surface area (TPSA) is 81.8 Å². The van der Waals surface area contributed by atoms with E-state index in [0.29, 0.717) is 30.4 Å². The average molecular weight is 590 g/mol. The standard InChI is InChI=1S/C38H39NO5/c1-26-34(39-35(43-26)30-13-9-12-29(24-30)28-10-7-6-8-11-28)22-23-42-32-18-14-27(15-19-32)25-38(5,36(40)41)44-33-20-16-31(17-21-33)37(2,3)4/h6-21,24H,22-23,25H2,1-5H3,(H,40,41). The molecule has 0 fully saturated rings. The molecule has 1 heterocycles. The van der Waals surface area contributed by atoms with Gasteiger partial charge in [-0.2, -0.15) is 0 Å². The van der Waals surface area contributed by atoms with Gasteiger partial charge >= 0.3 is 5.97 Å². The maximum absolute atomic E-state index is 12.2. The van der Waals surface area contributed by atoms with E-state index in [1.165, 1.54) is 0 Å². The van der Waals surface area contributed by atoms with Crippen LogP contribution in [0.25, 0.3) is 22.6 Å². The molecule has 0 saturated heterocycles. The summed E-state index contributed by atoms with van der Waals surface area (Å²) in [7, 11) is 0. The molecule has 1 atom stereocenters. The van der Waals surface area contributed by atoms with Gasteiger partial charge < -0.3 is 19.0 Å². The minimum Gasteiger partial charge on any atom is -0.493 e. The fraction of sp³-hybridized carbons (Fsp3) is 0.263. The van der Waals surface area contributed by atoms with E-state index >= 15 is 0 Å². The van der Waals surface area contributed by atoms with Gasteiger partial charge in [-0.15, -0.1) is 0 Å². The van der Waals surface area contributed by atoms with Crippen molar-refractivity contribution in [3.63, 3.8) is 0 Å². The molecule has 44 heavy (non-hydrogen) atoms. The lowest BCUT2D eigenvalue weighted by atomic mass is 9.87. The van der Waals surface area contributed by atoms with Crippen LogP contribution in [-0.4, -0.2) is 28.3 Å². The third kappa shape index (κ3) is 7.38. The second kappa shape index (κ2) is 12.8. The summed E-state index contributed by atoms with van der Waals surface area (Å²) in [6.45, 7) is 10.4. The molecule has 1 N–H and O–H groups in total. The molecule has 0 aliphatic rings. The molecule has 0 aliphatic carbocycles. The molecule has 0 bridgehead atoms. The summed E-state index contributed by atoms with van der Waals surface area (Å²) in [6.07, 6.45) is 0.796. The predicted octanol–water partition coefficient (Wildman–Crippen LogP) is 8.70.